The topological polar surface area (TPSA) is 88.1 Å². The lowest BCUT2D eigenvalue weighted by Gasteiger charge is -2.36. The molecule has 0 spiro atoms. The Labute approximate surface area is 231 Å². The Morgan fingerprint density at radius 3 is 2.36 bits per heavy atom. The first-order valence-electron chi connectivity index (χ1n) is 13.3. The predicted octanol–water partition coefficient (Wildman–Crippen LogP) is 5.79. The third-order valence-corrected chi connectivity index (χ3v) is 8.01. The number of nitrogens with zero attached hydrogens (tertiary/aromatic N) is 1. The van der Waals surface area contributed by atoms with Crippen LogP contribution in [0.5, 0.6) is 11.5 Å². The molecule has 1 atom stereocenters. The molecule has 0 unspecified atom stereocenters. The minimum Gasteiger partial charge on any atom is -0.454 e. The summed E-state index contributed by atoms with van der Waals surface area (Å²) in [5, 5.41) is 13.0. The van der Waals surface area contributed by atoms with Crippen LogP contribution in [-0.2, 0) is 10.2 Å². The third-order valence-electron chi connectivity index (χ3n) is 8.01. The fourth-order valence-electron chi connectivity index (χ4n) is 5.34. The summed E-state index contributed by atoms with van der Waals surface area (Å²) in [5.41, 5.74) is 4.42. The van der Waals surface area contributed by atoms with Crippen LogP contribution in [0.4, 0.5) is 5.69 Å². The molecule has 0 radical (unpaired) electrons. The molecule has 5 rings (SSSR count). The van der Waals surface area contributed by atoms with E-state index < -0.39 is 5.41 Å². The number of fused-ring (bicyclic) bond motifs is 1. The van der Waals surface area contributed by atoms with Crippen LogP contribution in [0, 0.1) is 12.3 Å². The Balaban J connectivity index is 0.00000370. The zero-order chi connectivity index (χ0) is 27.9. The molecule has 7 heteroatoms. The zero-order valence-corrected chi connectivity index (χ0v) is 23.2. The number of aliphatic hydroxyl groups is 1. The molecule has 7 nitrogen and oxygen atoms in total. The first-order valence-corrected chi connectivity index (χ1v) is 13.3. The van der Waals surface area contributed by atoms with Gasteiger partial charge in [-0.15, -0.1) is 0 Å². The minimum atomic E-state index is -0.556. The summed E-state index contributed by atoms with van der Waals surface area (Å²) in [6, 6.07) is 18.8. The van der Waals surface area contributed by atoms with Gasteiger partial charge in [-0.25, -0.2) is 0 Å². The second-order valence-electron chi connectivity index (χ2n) is 11.7. The van der Waals surface area contributed by atoms with Crippen molar-refractivity contribution in [3.8, 4) is 22.6 Å². The molecule has 1 heterocycles. The Kier molecular flexibility index (Phi) is 6.89. The molecule has 0 aromatic heterocycles. The van der Waals surface area contributed by atoms with E-state index in [2.05, 4.69) is 5.32 Å². The SMILES string of the molecule is Cc1ccc(NC(=O)C2(c3ccc4c(c3)OCO4)CC2)cc1-c1ccc(C(=O)N(C)[C@H](CO)C(C)(C)C)cc1.[HH]. The van der Waals surface area contributed by atoms with Gasteiger partial charge in [0.1, 0.15) is 0 Å². The van der Waals surface area contributed by atoms with E-state index in [0.717, 1.165) is 40.8 Å². The molecule has 1 aliphatic carbocycles. The number of ether oxygens (including phenoxy) is 2. The fourth-order valence-corrected chi connectivity index (χ4v) is 5.34. The molecule has 2 amide bonds. The average molecular weight is 531 g/mol. The van der Waals surface area contributed by atoms with Crippen LogP contribution >= 0.6 is 0 Å². The van der Waals surface area contributed by atoms with Gasteiger partial charge < -0.3 is 24.8 Å². The summed E-state index contributed by atoms with van der Waals surface area (Å²) < 4.78 is 10.9. The number of amides is 2. The van der Waals surface area contributed by atoms with E-state index in [1.54, 1.807) is 11.9 Å². The summed E-state index contributed by atoms with van der Waals surface area (Å²) in [4.78, 5) is 28.1. The Bertz CT molecular complexity index is 1410. The first-order chi connectivity index (χ1) is 18.5. The number of benzene rings is 3. The van der Waals surface area contributed by atoms with Crippen molar-refractivity contribution in [1.29, 1.82) is 0 Å². The van der Waals surface area contributed by atoms with Crippen LogP contribution in [0.2, 0.25) is 0 Å². The van der Waals surface area contributed by atoms with Gasteiger partial charge in [-0.2, -0.15) is 0 Å². The third kappa shape index (κ3) is 5.11. The van der Waals surface area contributed by atoms with E-state index in [0.29, 0.717) is 17.1 Å². The maximum absolute atomic E-state index is 13.4. The molecule has 2 aliphatic rings. The lowest BCUT2D eigenvalue weighted by Crippen LogP contribution is -2.47. The van der Waals surface area contributed by atoms with Crippen molar-refractivity contribution in [2.45, 2.75) is 52.0 Å². The van der Waals surface area contributed by atoms with E-state index in [9.17, 15) is 14.7 Å². The van der Waals surface area contributed by atoms with Gasteiger partial charge in [0, 0.05) is 19.7 Å². The van der Waals surface area contributed by atoms with E-state index >= 15 is 0 Å². The molecule has 3 aromatic rings. The van der Waals surface area contributed by atoms with Crippen molar-refractivity contribution in [1.82, 2.24) is 4.90 Å². The van der Waals surface area contributed by atoms with Crippen molar-refractivity contribution >= 4 is 17.5 Å². The summed E-state index contributed by atoms with van der Waals surface area (Å²) in [7, 11) is 1.73. The average Bonchev–Trinajstić information content (AvgIpc) is 3.59. The molecule has 39 heavy (non-hydrogen) atoms. The summed E-state index contributed by atoms with van der Waals surface area (Å²) >= 11 is 0. The highest BCUT2D eigenvalue weighted by atomic mass is 16.7. The number of nitrogens with one attached hydrogen (secondary N) is 1. The zero-order valence-electron chi connectivity index (χ0n) is 23.2. The number of carbonyl (C=O) groups is 2. The second-order valence-corrected chi connectivity index (χ2v) is 11.7. The molecule has 0 saturated heterocycles. The first kappa shape index (κ1) is 26.8. The molecule has 3 aromatic carbocycles. The van der Waals surface area contributed by atoms with Crippen molar-refractivity contribution < 1.29 is 25.6 Å². The van der Waals surface area contributed by atoms with Gasteiger partial charge in [-0.05, 0) is 83.8 Å². The number of likely N-dealkylation sites (N-methyl/N-ethyl adjacent to an activating group) is 1. The van der Waals surface area contributed by atoms with Crippen molar-refractivity contribution in [3.63, 3.8) is 0 Å². The van der Waals surface area contributed by atoms with Crippen LogP contribution in [0.15, 0.2) is 60.7 Å². The van der Waals surface area contributed by atoms with Gasteiger partial charge in [-0.1, -0.05) is 45.0 Å². The highest BCUT2D eigenvalue weighted by molar-refractivity contribution is 6.02. The lowest BCUT2D eigenvalue weighted by molar-refractivity contribution is -0.118. The molecular weight excluding hydrogens is 492 g/mol. The maximum atomic E-state index is 13.4. The highest BCUT2D eigenvalue weighted by Crippen LogP contribution is 2.51. The lowest BCUT2D eigenvalue weighted by atomic mass is 9.86. The van der Waals surface area contributed by atoms with Gasteiger partial charge in [0.05, 0.1) is 18.1 Å². The van der Waals surface area contributed by atoms with Gasteiger partial charge in [-0.3, -0.25) is 9.59 Å². The summed E-state index contributed by atoms with van der Waals surface area (Å²) in [6.45, 7) is 8.16. The van der Waals surface area contributed by atoms with E-state index in [-0.39, 0.29) is 38.1 Å². The number of aryl methyl sites for hydroxylation is 1. The van der Waals surface area contributed by atoms with E-state index in [1.807, 2.05) is 88.4 Å². The highest BCUT2D eigenvalue weighted by Gasteiger charge is 2.51. The molecule has 206 valence electrons. The van der Waals surface area contributed by atoms with Crippen LogP contribution in [0.1, 0.15) is 56.5 Å². The van der Waals surface area contributed by atoms with Gasteiger partial charge in [0.15, 0.2) is 11.5 Å². The fraction of sp³-hybridized carbons (Fsp3) is 0.375. The van der Waals surface area contributed by atoms with Gasteiger partial charge in [0.25, 0.3) is 5.91 Å². The smallest absolute Gasteiger partial charge is 0.253 e. The maximum Gasteiger partial charge on any atom is 0.253 e. The number of rotatable bonds is 7. The molecule has 1 fully saturated rings. The molecule has 2 N–H and O–H groups in total. The summed E-state index contributed by atoms with van der Waals surface area (Å²) in [6.07, 6.45) is 1.57. The molecular formula is C32H38N2O5. The van der Waals surface area contributed by atoms with Crippen LogP contribution in [0.25, 0.3) is 11.1 Å². The number of anilines is 1. The standard InChI is InChI=1S/C32H36N2O5.H2/c1-20-6-12-24(33-30(37)32(14-15-32)23-11-13-26-27(16-23)39-19-38-26)17-25(20)21-7-9-22(10-8-21)29(36)34(5)28(18-35)31(2,3)4;/h6-13,16-17,28,35H,14-15,18-19H2,1-5H3,(H,33,37);1H/t28-;/m1./s1. The predicted molar refractivity (Wildman–Crippen MR) is 153 cm³/mol. The number of carbonyl (C=O) groups excluding carboxylic acids is 2. The number of hydrogen-bond donors (Lipinski definition) is 2. The van der Waals surface area contributed by atoms with Crippen molar-refractivity contribution in [2.75, 3.05) is 25.8 Å². The molecule has 1 aliphatic heterocycles. The van der Waals surface area contributed by atoms with Crippen molar-refractivity contribution in [3.05, 3.63) is 77.4 Å². The Morgan fingerprint density at radius 2 is 1.72 bits per heavy atom. The quantitative estimate of drug-likeness (QED) is 0.404. The number of hydrogen-bond acceptors (Lipinski definition) is 5. The van der Waals surface area contributed by atoms with E-state index in [1.165, 1.54) is 0 Å². The van der Waals surface area contributed by atoms with E-state index in [4.69, 9.17) is 9.47 Å². The van der Waals surface area contributed by atoms with Crippen LogP contribution in [-0.4, -0.2) is 48.3 Å². The van der Waals surface area contributed by atoms with Gasteiger partial charge >= 0.3 is 0 Å². The largest absolute Gasteiger partial charge is 0.454 e. The Morgan fingerprint density at radius 1 is 1.03 bits per heavy atom. The monoisotopic (exact) mass is 530 g/mol. The number of aliphatic hydroxyl groups excluding tert-OH is 1. The minimum absolute atomic E-state index is 0. The van der Waals surface area contributed by atoms with Crippen molar-refractivity contribution in [2.24, 2.45) is 5.41 Å². The summed E-state index contributed by atoms with van der Waals surface area (Å²) in [5.74, 6) is 1.23. The normalized spacial score (nSPS) is 15.9. The second kappa shape index (κ2) is 10.0. The Hall–Kier alpha value is -3.84. The molecule has 0 bridgehead atoms. The van der Waals surface area contributed by atoms with Gasteiger partial charge in [0.2, 0.25) is 12.7 Å². The molecule has 1 saturated carbocycles. The van der Waals surface area contributed by atoms with Crippen LogP contribution in [0.3, 0.4) is 0 Å². The van der Waals surface area contributed by atoms with Crippen LogP contribution < -0.4 is 14.8 Å².